The fourth-order valence-corrected chi connectivity index (χ4v) is 1.28. The number of hydrogen-bond donors (Lipinski definition) is 1. The average Bonchev–Trinajstić information content (AvgIpc) is 2.03. The normalized spacial score (nSPS) is 12.5. The van der Waals surface area contributed by atoms with Crippen LogP contribution in [0, 0.1) is 5.82 Å². The molecule has 13 heavy (non-hydrogen) atoms. The Labute approximate surface area is 76.9 Å². The second-order valence-corrected chi connectivity index (χ2v) is 3.42. The van der Waals surface area contributed by atoms with E-state index in [4.69, 9.17) is 4.55 Å². The number of carbonyl (C=O) groups excluding carboxylic acids is 1. The van der Waals surface area contributed by atoms with Crippen LogP contribution in [0.25, 0.3) is 0 Å². The fraction of sp³-hybridized carbons (Fsp3) is 0.125. The Balaban J connectivity index is 3.20. The molecule has 70 valence electrons. The van der Waals surface area contributed by atoms with Crippen LogP contribution in [0.15, 0.2) is 23.1 Å². The van der Waals surface area contributed by atoms with E-state index in [0.717, 1.165) is 6.07 Å². The molecule has 0 aromatic heterocycles. The minimum absolute atomic E-state index is 0.0532. The van der Waals surface area contributed by atoms with Crippen LogP contribution in [0.1, 0.15) is 17.3 Å². The van der Waals surface area contributed by atoms with Gasteiger partial charge in [-0.25, -0.2) is 8.60 Å². The minimum atomic E-state index is -2.21. The lowest BCUT2D eigenvalue weighted by atomic mass is 10.1. The molecular formula is C8H7FO3S. The van der Waals surface area contributed by atoms with Gasteiger partial charge in [0.15, 0.2) is 16.9 Å². The van der Waals surface area contributed by atoms with Gasteiger partial charge in [-0.3, -0.25) is 4.79 Å². The van der Waals surface area contributed by atoms with E-state index < -0.39 is 22.7 Å². The second-order valence-electron chi connectivity index (χ2n) is 2.45. The summed E-state index contributed by atoms with van der Waals surface area (Å²) in [6, 6.07) is 3.32. The van der Waals surface area contributed by atoms with Gasteiger partial charge in [0.1, 0.15) is 5.82 Å². The molecule has 1 N–H and O–H groups in total. The zero-order chi connectivity index (χ0) is 10.0. The summed E-state index contributed by atoms with van der Waals surface area (Å²) in [5.74, 6) is -1.18. The van der Waals surface area contributed by atoms with Gasteiger partial charge in [0.2, 0.25) is 0 Å². The fourth-order valence-electron chi connectivity index (χ4n) is 0.890. The lowest BCUT2D eigenvalue weighted by Gasteiger charge is -1.99. The Bertz CT molecular complexity index is 376. The van der Waals surface area contributed by atoms with Gasteiger partial charge >= 0.3 is 0 Å². The Morgan fingerprint density at radius 2 is 2.15 bits per heavy atom. The first-order chi connectivity index (χ1) is 6.02. The summed E-state index contributed by atoms with van der Waals surface area (Å²) in [7, 11) is 0. The van der Waals surface area contributed by atoms with Crippen LogP contribution in [0.2, 0.25) is 0 Å². The number of hydrogen-bond acceptors (Lipinski definition) is 2. The molecule has 0 aliphatic carbocycles. The number of halogens is 1. The average molecular weight is 202 g/mol. The molecule has 5 heteroatoms. The maximum Gasteiger partial charge on any atom is 0.186 e. The molecule has 0 amide bonds. The largest absolute Gasteiger partial charge is 0.302 e. The van der Waals surface area contributed by atoms with Crippen molar-refractivity contribution < 1.29 is 17.9 Å². The molecule has 1 aromatic carbocycles. The summed E-state index contributed by atoms with van der Waals surface area (Å²) in [5, 5.41) is 0. The molecule has 0 spiro atoms. The first kappa shape index (κ1) is 10.0. The van der Waals surface area contributed by atoms with Gasteiger partial charge in [0, 0.05) is 0 Å². The predicted molar refractivity (Wildman–Crippen MR) is 45.4 cm³/mol. The predicted octanol–water partition coefficient (Wildman–Crippen LogP) is 1.61. The Kier molecular flexibility index (Phi) is 2.90. The van der Waals surface area contributed by atoms with E-state index in [1.807, 2.05) is 0 Å². The summed E-state index contributed by atoms with van der Waals surface area (Å²) in [6.45, 7) is 1.23. The monoisotopic (exact) mass is 202 g/mol. The van der Waals surface area contributed by atoms with E-state index in [2.05, 4.69) is 0 Å². The first-order valence-electron chi connectivity index (χ1n) is 3.43. The zero-order valence-corrected chi connectivity index (χ0v) is 7.60. The summed E-state index contributed by atoms with van der Waals surface area (Å²) in [4.78, 5) is 10.7. The Morgan fingerprint density at radius 1 is 1.54 bits per heavy atom. The molecule has 1 rings (SSSR count). The van der Waals surface area contributed by atoms with E-state index in [-0.39, 0.29) is 10.5 Å². The molecule has 0 radical (unpaired) electrons. The lowest BCUT2D eigenvalue weighted by molar-refractivity contribution is 0.101. The highest BCUT2D eigenvalue weighted by atomic mass is 32.2. The van der Waals surface area contributed by atoms with Crippen LogP contribution in [0.4, 0.5) is 4.39 Å². The SMILES string of the molecule is CC(=O)c1ccc(S(=O)O)cc1F. The van der Waals surface area contributed by atoms with Gasteiger partial charge in [-0.15, -0.1) is 0 Å². The molecule has 0 fully saturated rings. The smallest absolute Gasteiger partial charge is 0.186 e. The third kappa shape index (κ3) is 2.19. The van der Waals surface area contributed by atoms with E-state index in [0.29, 0.717) is 0 Å². The van der Waals surface area contributed by atoms with Gasteiger partial charge in [0.25, 0.3) is 0 Å². The molecule has 0 aliphatic rings. The number of rotatable bonds is 2. The molecule has 0 saturated carbocycles. The number of benzene rings is 1. The number of Topliss-reactive ketones (excluding diaryl/α,β-unsaturated/α-hetero) is 1. The standard InChI is InChI=1S/C8H7FO3S/c1-5(10)7-3-2-6(13(11)12)4-8(7)9/h2-4H,1H3,(H,11,12). The van der Waals surface area contributed by atoms with Crippen LogP contribution in [0.5, 0.6) is 0 Å². The van der Waals surface area contributed by atoms with Gasteiger partial charge in [-0.05, 0) is 25.1 Å². The van der Waals surface area contributed by atoms with Crippen molar-refractivity contribution in [3.05, 3.63) is 29.6 Å². The highest BCUT2D eigenvalue weighted by Gasteiger charge is 2.09. The van der Waals surface area contributed by atoms with Crippen LogP contribution >= 0.6 is 0 Å². The van der Waals surface area contributed by atoms with Crippen molar-refractivity contribution in [2.24, 2.45) is 0 Å². The summed E-state index contributed by atoms with van der Waals surface area (Å²) < 4.78 is 32.1. The molecule has 3 nitrogen and oxygen atoms in total. The first-order valence-corrected chi connectivity index (χ1v) is 4.54. The molecule has 1 aromatic rings. The molecule has 1 unspecified atom stereocenters. The van der Waals surface area contributed by atoms with Crippen molar-refractivity contribution in [1.29, 1.82) is 0 Å². The molecule has 0 saturated heterocycles. The maximum atomic E-state index is 13.0. The summed E-state index contributed by atoms with van der Waals surface area (Å²) in [5.41, 5.74) is -0.0748. The third-order valence-corrected chi connectivity index (χ3v) is 2.18. The van der Waals surface area contributed by atoms with Gasteiger partial charge in [-0.1, -0.05) is 0 Å². The zero-order valence-electron chi connectivity index (χ0n) is 6.78. The van der Waals surface area contributed by atoms with Crippen molar-refractivity contribution in [3.8, 4) is 0 Å². The van der Waals surface area contributed by atoms with Crippen LogP contribution in [-0.4, -0.2) is 14.5 Å². The highest BCUT2D eigenvalue weighted by molar-refractivity contribution is 7.79. The summed E-state index contributed by atoms with van der Waals surface area (Å²) >= 11 is -2.21. The van der Waals surface area contributed by atoms with Crippen LogP contribution < -0.4 is 0 Å². The van der Waals surface area contributed by atoms with Gasteiger partial charge < -0.3 is 4.55 Å². The molecule has 0 aliphatic heterocycles. The van der Waals surface area contributed by atoms with E-state index in [1.54, 1.807) is 0 Å². The van der Waals surface area contributed by atoms with E-state index in [1.165, 1.54) is 19.1 Å². The molecule has 1 atom stereocenters. The van der Waals surface area contributed by atoms with Crippen LogP contribution in [0.3, 0.4) is 0 Å². The summed E-state index contributed by atoms with van der Waals surface area (Å²) in [6.07, 6.45) is 0. The quantitative estimate of drug-likeness (QED) is 0.585. The Morgan fingerprint density at radius 3 is 2.54 bits per heavy atom. The third-order valence-electron chi connectivity index (χ3n) is 1.52. The minimum Gasteiger partial charge on any atom is -0.302 e. The van der Waals surface area contributed by atoms with Gasteiger partial charge in [0.05, 0.1) is 10.5 Å². The van der Waals surface area contributed by atoms with Gasteiger partial charge in [-0.2, -0.15) is 0 Å². The second kappa shape index (κ2) is 3.76. The number of ketones is 1. The Hall–Kier alpha value is -1.07. The lowest BCUT2D eigenvalue weighted by Crippen LogP contribution is -1.98. The highest BCUT2D eigenvalue weighted by Crippen LogP contribution is 2.12. The van der Waals surface area contributed by atoms with E-state index in [9.17, 15) is 13.4 Å². The molecular weight excluding hydrogens is 195 g/mol. The molecule has 0 heterocycles. The van der Waals surface area contributed by atoms with Crippen LogP contribution in [-0.2, 0) is 11.1 Å². The van der Waals surface area contributed by atoms with Crippen molar-refractivity contribution in [1.82, 2.24) is 0 Å². The molecule has 0 bridgehead atoms. The van der Waals surface area contributed by atoms with E-state index >= 15 is 0 Å². The van der Waals surface area contributed by atoms with Crippen molar-refractivity contribution in [2.45, 2.75) is 11.8 Å². The number of carbonyl (C=O) groups is 1. The maximum absolute atomic E-state index is 13.0. The topological polar surface area (TPSA) is 54.4 Å². The van der Waals surface area contributed by atoms with Crippen molar-refractivity contribution >= 4 is 16.9 Å². The van der Waals surface area contributed by atoms with Crippen molar-refractivity contribution in [2.75, 3.05) is 0 Å². The van der Waals surface area contributed by atoms with Crippen molar-refractivity contribution in [3.63, 3.8) is 0 Å².